The molecule has 0 aromatic heterocycles. The van der Waals surface area contributed by atoms with E-state index in [9.17, 15) is 8.78 Å². The van der Waals surface area contributed by atoms with E-state index in [0.29, 0.717) is 18.7 Å². The fourth-order valence-corrected chi connectivity index (χ4v) is 3.46. The van der Waals surface area contributed by atoms with Crippen molar-refractivity contribution in [2.75, 3.05) is 40.5 Å². The average Bonchev–Trinajstić information content (AvgIpc) is 2.66. The zero-order valence-electron chi connectivity index (χ0n) is 18.0. The third kappa shape index (κ3) is 8.41. The topological polar surface area (TPSA) is 64.1 Å². The maximum atomic E-state index is 12.6. The van der Waals surface area contributed by atoms with Gasteiger partial charge in [0.05, 0.1) is 7.11 Å². The molecule has 0 aliphatic heterocycles. The molecule has 0 amide bonds. The van der Waals surface area contributed by atoms with Gasteiger partial charge in [-0.1, -0.05) is 12.5 Å². The van der Waals surface area contributed by atoms with Crippen LogP contribution in [0.1, 0.15) is 38.2 Å². The lowest BCUT2D eigenvalue weighted by atomic mass is 9.67. The van der Waals surface area contributed by atoms with Gasteiger partial charge in [0.1, 0.15) is 0 Å². The number of nitrogens with zero attached hydrogens (tertiary/aromatic N) is 1. The summed E-state index contributed by atoms with van der Waals surface area (Å²) in [5.74, 6) is 1.11. The molecule has 1 aliphatic carbocycles. The molecule has 1 aromatic rings. The Morgan fingerprint density at radius 2 is 1.97 bits per heavy atom. The lowest BCUT2D eigenvalue weighted by Gasteiger charge is -2.40. The Morgan fingerprint density at radius 1 is 1.20 bits per heavy atom. The second-order valence-electron chi connectivity index (χ2n) is 7.33. The molecule has 0 bridgehead atoms. The second kappa shape index (κ2) is 13.8. The summed E-state index contributed by atoms with van der Waals surface area (Å²) in [7, 11) is 3.16. The van der Waals surface area contributed by atoms with E-state index in [2.05, 4.69) is 15.4 Å². The van der Waals surface area contributed by atoms with Gasteiger partial charge >= 0.3 is 6.61 Å². The lowest BCUT2D eigenvalue weighted by molar-refractivity contribution is -0.0512. The predicted molar refractivity (Wildman–Crippen MR) is 126 cm³/mol. The Kier molecular flexibility index (Phi) is 12.3. The Hall–Kier alpha value is -1.36. The average molecular weight is 541 g/mol. The van der Waals surface area contributed by atoms with E-state index < -0.39 is 6.61 Å². The molecule has 9 heteroatoms. The first-order valence-electron chi connectivity index (χ1n) is 10.1. The molecule has 0 saturated heterocycles. The molecule has 1 aromatic carbocycles. The highest BCUT2D eigenvalue weighted by atomic mass is 127. The van der Waals surface area contributed by atoms with Crippen molar-refractivity contribution in [2.24, 2.45) is 10.4 Å². The first-order chi connectivity index (χ1) is 14.0. The van der Waals surface area contributed by atoms with Gasteiger partial charge in [0.2, 0.25) is 0 Å². The molecule has 1 fully saturated rings. The minimum atomic E-state index is -2.89. The Balaban J connectivity index is 0.00000450. The van der Waals surface area contributed by atoms with Crippen LogP contribution in [0.3, 0.4) is 0 Å². The van der Waals surface area contributed by atoms with Crippen molar-refractivity contribution in [3.05, 3.63) is 23.8 Å². The number of aliphatic imine (C=N–C) groups is 1. The second-order valence-corrected chi connectivity index (χ2v) is 7.33. The van der Waals surface area contributed by atoms with Crippen molar-refractivity contribution in [1.82, 2.24) is 10.6 Å². The molecule has 2 rings (SSSR count). The number of guanidine groups is 1. The molecule has 1 saturated carbocycles. The molecule has 6 nitrogen and oxygen atoms in total. The summed E-state index contributed by atoms with van der Waals surface area (Å²) in [5.41, 5.74) is 1.14. The maximum absolute atomic E-state index is 12.6. The maximum Gasteiger partial charge on any atom is 0.387 e. The lowest BCUT2D eigenvalue weighted by Crippen LogP contribution is -2.41. The quantitative estimate of drug-likeness (QED) is 0.236. The third-order valence-corrected chi connectivity index (χ3v) is 5.32. The summed E-state index contributed by atoms with van der Waals surface area (Å²) >= 11 is 0. The van der Waals surface area contributed by atoms with Gasteiger partial charge in [-0.15, -0.1) is 24.0 Å². The first-order valence-corrected chi connectivity index (χ1v) is 10.1. The van der Waals surface area contributed by atoms with E-state index in [-0.39, 0.29) is 35.1 Å². The Morgan fingerprint density at radius 3 is 2.53 bits per heavy atom. The number of nitrogens with one attached hydrogen (secondary N) is 2. The highest BCUT2D eigenvalue weighted by Gasteiger charge is 2.36. The Bertz CT molecular complexity index is 658. The third-order valence-electron chi connectivity index (χ3n) is 5.32. The van der Waals surface area contributed by atoms with Crippen molar-refractivity contribution < 1.29 is 23.0 Å². The smallest absolute Gasteiger partial charge is 0.387 e. The van der Waals surface area contributed by atoms with Gasteiger partial charge in [0, 0.05) is 33.4 Å². The van der Waals surface area contributed by atoms with Crippen molar-refractivity contribution in [2.45, 2.75) is 45.6 Å². The number of benzene rings is 1. The van der Waals surface area contributed by atoms with E-state index >= 15 is 0 Å². The standard InChI is InChI=1S/C21H33F2N3O3.HI/c1-4-24-20(26-15-21(9-5-10-21)11-13-27-2)25-12-8-16-6-7-17(28-3)18(14-16)29-19(22)23;/h6-7,14,19H,4-5,8-13,15H2,1-3H3,(H2,24,25,26);1H. The summed E-state index contributed by atoms with van der Waals surface area (Å²) in [6.07, 6.45) is 5.31. The van der Waals surface area contributed by atoms with Gasteiger partial charge < -0.3 is 24.8 Å². The van der Waals surface area contributed by atoms with E-state index in [4.69, 9.17) is 14.5 Å². The van der Waals surface area contributed by atoms with Crippen LogP contribution in [0, 0.1) is 5.41 Å². The van der Waals surface area contributed by atoms with Crippen LogP contribution in [0.4, 0.5) is 8.78 Å². The number of methoxy groups -OCH3 is 2. The molecule has 30 heavy (non-hydrogen) atoms. The summed E-state index contributed by atoms with van der Waals surface area (Å²) < 4.78 is 40.0. The molecule has 0 atom stereocenters. The molecular formula is C21H34F2IN3O3. The van der Waals surface area contributed by atoms with Crippen LogP contribution in [0.5, 0.6) is 11.5 Å². The molecule has 0 heterocycles. The Labute approximate surface area is 195 Å². The summed E-state index contributed by atoms with van der Waals surface area (Å²) in [6.45, 7) is 2.07. The fraction of sp³-hybridized carbons (Fsp3) is 0.667. The van der Waals surface area contributed by atoms with Gasteiger partial charge in [-0.05, 0) is 55.7 Å². The largest absolute Gasteiger partial charge is 0.493 e. The molecule has 0 spiro atoms. The zero-order valence-corrected chi connectivity index (χ0v) is 20.3. The van der Waals surface area contributed by atoms with Gasteiger partial charge in [-0.25, -0.2) is 0 Å². The number of alkyl halides is 2. The van der Waals surface area contributed by atoms with E-state index in [1.807, 2.05) is 13.0 Å². The van der Waals surface area contributed by atoms with E-state index in [1.54, 1.807) is 19.2 Å². The highest BCUT2D eigenvalue weighted by Crippen LogP contribution is 2.44. The number of halogens is 3. The number of rotatable bonds is 12. The van der Waals surface area contributed by atoms with Crippen LogP contribution < -0.4 is 20.1 Å². The molecule has 2 N–H and O–H groups in total. The summed E-state index contributed by atoms with van der Waals surface area (Å²) in [5, 5.41) is 6.59. The highest BCUT2D eigenvalue weighted by molar-refractivity contribution is 14.0. The van der Waals surface area contributed by atoms with Crippen LogP contribution in [0.2, 0.25) is 0 Å². The monoisotopic (exact) mass is 541 g/mol. The van der Waals surface area contributed by atoms with Crippen molar-refractivity contribution in [3.63, 3.8) is 0 Å². The normalized spacial score (nSPS) is 15.2. The first kappa shape index (κ1) is 26.7. The summed E-state index contributed by atoms with van der Waals surface area (Å²) in [4.78, 5) is 4.77. The van der Waals surface area contributed by atoms with E-state index in [1.165, 1.54) is 26.4 Å². The zero-order chi connectivity index (χ0) is 21.1. The molecule has 0 unspecified atom stereocenters. The van der Waals surface area contributed by atoms with Gasteiger partial charge in [-0.3, -0.25) is 4.99 Å². The molecule has 0 radical (unpaired) electrons. The fourth-order valence-electron chi connectivity index (χ4n) is 3.46. The van der Waals surface area contributed by atoms with Gasteiger partial charge in [0.25, 0.3) is 0 Å². The minimum Gasteiger partial charge on any atom is -0.493 e. The van der Waals surface area contributed by atoms with Crippen LogP contribution in [-0.4, -0.2) is 53.0 Å². The van der Waals surface area contributed by atoms with Crippen LogP contribution >= 0.6 is 24.0 Å². The number of hydrogen-bond donors (Lipinski definition) is 2. The molecule has 172 valence electrons. The van der Waals surface area contributed by atoms with Crippen molar-refractivity contribution >= 4 is 29.9 Å². The predicted octanol–water partition coefficient (Wildman–Crippen LogP) is 4.22. The van der Waals surface area contributed by atoms with Crippen molar-refractivity contribution in [3.8, 4) is 11.5 Å². The number of hydrogen-bond acceptors (Lipinski definition) is 4. The SMILES string of the molecule is CCNC(=NCC1(CCOC)CCC1)NCCc1ccc(OC)c(OC(F)F)c1.I. The van der Waals surface area contributed by atoms with Gasteiger partial charge in [-0.2, -0.15) is 8.78 Å². The molecule has 1 aliphatic rings. The van der Waals surface area contributed by atoms with Crippen LogP contribution in [0.15, 0.2) is 23.2 Å². The van der Waals surface area contributed by atoms with Crippen LogP contribution in [-0.2, 0) is 11.2 Å². The van der Waals surface area contributed by atoms with Gasteiger partial charge in [0.15, 0.2) is 17.5 Å². The van der Waals surface area contributed by atoms with Crippen molar-refractivity contribution in [1.29, 1.82) is 0 Å². The number of ether oxygens (including phenoxy) is 3. The molecular weight excluding hydrogens is 507 g/mol. The van der Waals surface area contributed by atoms with Crippen LogP contribution in [0.25, 0.3) is 0 Å². The summed E-state index contributed by atoms with van der Waals surface area (Å²) in [6, 6.07) is 5.07. The minimum absolute atomic E-state index is 0. The van der Waals surface area contributed by atoms with E-state index in [0.717, 1.165) is 37.6 Å².